The van der Waals surface area contributed by atoms with Gasteiger partial charge in [0.25, 0.3) is 0 Å². The Hall–Kier alpha value is -1.87. The topological polar surface area (TPSA) is 35.2 Å². The van der Waals surface area contributed by atoms with Crippen molar-refractivity contribution in [3.63, 3.8) is 0 Å². The first-order chi connectivity index (χ1) is 9.51. The van der Waals surface area contributed by atoms with Crippen molar-refractivity contribution in [1.82, 2.24) is 0 Å². The van der Waals surface area contributed by atoms with Gasteiger partial charge in [-0.25, -0.2) is 4.39 Å². The van der Waals surface area contributed by atoms with Gasteiger partial charge in [0.1, 0.15) is 18.2 Å². The van der Waals surface area contributed by atoms with Crippen molar-refractivity contribution < 1.29 is 9.13 Å². The van der Waals surface area contributed by atoms with Gasteiger partial charge in [-0.1, -0.05) is 18.2 Å². The van der Waals surface area contributed by atoms with Crippen molar-refractivity contribution in [1.29, 1.82) is 0 Å². The van der Waals surface area contributed by atoms with Gasteiger partial charge in [-0.15, -0.1) is 0 Å². The second kappa shape index (κ2) is 6.06. The Kier molecular flexibility index (Phi) is 4.40. The molecule has 0 aliphatic carbocycles. The van der Waals surface area contributed by atoms with E-state index in [0.29, 0.717) is 13.2 Å². The molecule has 20 heavy (non-hydrogen) atoms. The van der Waals surface area contributed by atoms with Gasteiger partial charge in [-0.05, 0) is 60.7 Å². The molecular formula is C17H20FNO. The zero-order valence-corrected chi connectivity index (χ0v) is 12.2. The zero-order valence-electron chi connectivity index (χ0n) is 12.2. The number of hydrogen-bond acceptors (Lipinski definition) is 2. The molecule has 0 radical (unpaired) electrons. The third kappa shape index (κ3) is 3.17. The molecule has 0 spiro atoms. The first-order valence-corrected chi connectivity index (χ1v) is 6.69. The standard InChI is InChI=1S/C17H20FNO/c1-11-4-5-12(2)17(13(11)3)20-10-15-6-14(9-19)7-16(18)8-15/h4-8H,9-10,19H2,1-3H3. The molecule has 0 aliphatic rings. The van der Waals surface area contributed by atoms with Crippen molar-refractivity contribution in [2.24, 2.45) is 5.73 Å². The first-order valence-electron chi connectivity index (χ1n) is 6.69. The SMILES string of the molecule is Cc1ccc(C)c(OCc2cc(F)cc(CN)c2)c1C. The van der Waals surface area contributed by atoms with Gasteiger partial charge in [0, 0.05) is 6.54 Å². The summed E-state index contributed by atoms with van der Waals surface area (Å²) in [6.45, 7) is 6.77. The fourth-order valence-corrected chi connectivity index (χ4v) is 2.22. The van der Waals surface area contributed by atoms with Crippen molar-refractivity contribution in [2.75, 3.05) is 0 Å². The van der Waals surface area contributed by atoms with Crippen LogP contribution in [0.3, 0.4) is 0 Å². The Bertz CT molecular complexity index is 623. The molecule has 0 saturated carbocycles. The predicted octanol–water partition coefficient (Wildman–Crippen LogP) is 3.79. The molecule has 2 aromatic rings. The molecule has 2 rings (SSSR count). The molecule has 0 unspecified atom stereocenters. The van der Waals surface area contributed by atoms with Crippen LogP contribution < -0.4 is 10.5 Å². The molecule has 0 aliphatic heterocycles. The van der Waals surface area contributed by atoms with Crippen LogP contribution >= 0.6 is 0 Å². The summed E-state index contributed by atoms with van der Waals surface area (Å²) >= 11 is 0. The molecular weight excluding hydrogens is 253 g/mol. The fourth-order valence-electron chi connectivity index (χ4n) is 2.22. The van der Waals surface area contributed by atoms with E-state index >= 15 is 0 Å². The molecule has 0 heterocycles. The average molecular weight is 273 g/mol. The maximum Gasteiger partial charge on any atom is 0.125 e. The third-order valence-electron chi connectivity index (χ3n) is 3.51. The molecule has 0 bridgehead atoms. The van der Waals surface area contributed by atoms with Gasteiger partial charge in [-0.3, -0.25) is 0 Å². The van der Waals surface area contributed by atoms with Crippen LogP contribution in [-0.4, -0.2) is 0 Å². The minimum absolute atomic E-state index is 0.274. The maximum atomic E-state index is 13.5. The maximum absolute atomic E-state index is 13.5. The molecule has 2 aromatic carbocycles. The molecule has 0 saturated heterocycles. The van der Waals surface area contributed by atoms with E-state index in [9.17, 15) is 4.39 Å². The lowest BCUT2D eigenvalue weighted by molar-refractivity contribution is 0.301. The van der Waals surface area contributed by atoms with Crippen LogP contribution in [0.4, 0.5) is 4.39 Å². The lowest BCUT2D eigenvalue weighted by Gasteiger charge is -2.14. The molecule has 0 atom stereocenters. The summed E-state index contributed by atoms with van der Waals surface area (Å²) < 4.78 is 19.3. The van der Waals surface area contributed by atoms with E-state index in [4.69, 9.17) is 10.5 Å². The number of benzene rings is 2. The van der Waals surface area contributed by atoms with E-state index < -0.39 is 0 Å². The summed E-state index contributed by atoms with van der Waals surface area (Å²) in [6, 6.07) is 8.93. The van der Waals surface area contributed by atoms with Crippen LogP contribution in [0, 0.1) is 26.6 Å². The van der Waals surface area contributed by atoms with E-state index in [2.05, 4.69) is 13.0 Å². The monoisotopic (exact) mass is 273 g/mol. The number of nitrogens with two attached hydrogens (primary N) is 1. The van der Waals surface area contributed by atoms with Crippen LogP contribution in [0.25, 0.3) is 0 Å². The predicted molar refractivity (Wildman–Crippen MR) is 79.3 cm³/mol. The second-order valence-electron chi connectivity index (χ2n) is 5.11. The van der Waals surface area contributed by atoms with Gasteiger partial charge < -0.3 is 10.5 Å². The lowest BCUT2D eigenvalue weighted by Crippen LogP contribution is -2.03. The number of halogens is 1. The van der Waals surface area contributed by atoms with Gasteiger partial charge in [0.05, 0.1) is 0 Å². The van der Waals surface area contributed by atoms with Gasteiger partial charge in [0.2, 0.25) is 0 Å². The highest BCUT2D eigenvalue weighted by Gasteiger charge is 2.07. The Labute approximate surface area is 119 Å². The largest absolute Gasteiger partial charge is 0.488 e. The molecule has 106 valence electrons. The molecule has 2 N–H and O–H groups in total. The van der Waals surface area contributed by atoms with Gasteiger partial charge in [-0.2, -0.15) is 0 Å². The Morgan fingerprint density at radius 1 is 1.00 bits per heavy atom. The summed E-state index contributed by atoms with van der Waals surface area (Å²) in [5.41, 5.74) is 10.5. The summed E-state index contributed by atoms with van der Waals surface area (Å²) in [5, 5.41) is 0. The lowest BCUT2D eigenvalue weighted by atomic mass is 10.1. The molecule has 0 aromatic heterocycles. The van der Waals surface area contributed by atoms with E-state index in [0.717, 1.165) is 28.0 Å². The van der Waals surface area contributed by atoms with E-state index in [1.54, 1.807) is 0 Å². The third-order valence-corrected chi connectivity index (χ3v) is 3.51. The minimum atomic E-state index is -0.274. The summed E-state index contributed by atoms with van der Waals surface area (Å²) in [4.78, 5) is 0. The highest BCUT2D eigenvalue weighted by Crippen LogP contribution is 2.26. The Morgan fingerprint density at radius 3 is 2.35 bits per heavy atom. The smallest absolute Gasteiger partial charge is 0.125 e. The van der Waals surface area contributed by atoms with Crippen molar-refractivity contribution in [3.05, 3.63) is 64.0 Å². The highest BCUT2D eigenvalue weighted by atomic mass is 19.1. The molecule has 0 fully saturated rings. The minimum Gasteiger partial charge on any atom is -0.488 e. The fraction of sp³-hybridized carbons (Fsp3) is 0.294. The van der Waals surface area contributed by atoms with E-state index in [-0.39, 0.29) is 5.82 Å². The average Bonchev–Trinajstić information content (AvgIpc) is 2.42. The first kappa shape index (κ1) is 14.5. The number of hydrogen-bond donors (Lipinski definition) is 1. The number of ether oxygens (including phenoxy) is 1. The Morgan fingerprint density at radius 2 is 1.65 bits per heavy atom. The van der Waals surface area contributed by atoms with E-state index in [1.807, 2.05) is 26.0 Å². The summed E-state index contributed by atoms with van der Waals surface area (Å²) in [5.74, 6) is 0.604. The van der Waals surface area contributed by atoms with Crippen LogP contribution in [0.5, 0.6) is 5.75 Å². The summed E-state index contributed by atoms with van der Waals surface area (Å²) in [6.07, 6.45) is 0. The number of rotatable bonds is 4. The molecule has 2 nitrogen and oxygen atoms in total. The zero-order chi connectivity index (χ0) is 14.7. The molecule has 3 heteroatoms. The quantitative estimate of drug-likeness (QED) is 0.920. The van der Waals surface area contributed by atoms with Gasteiger partial charge in [0.15, 0.2) is 0 Å². The number of aryl methyl sites for hydroxylation is 2. The van der Waals surface area contributed by atoms with Crippen molar-refractivity contribution >= 4 is 0 Å². The van der Waals surface area contributed by atoms with Crippen molar-refractivity contribution in [2.45, 2.75) is 33.9 Å². The summed E-state index contributed by atoms with van der Waals surface area (Å²) in [7, 11) is 0. The van der Waals surface area contributed by atoms with Crippen LogP contribution in [0.2, 0.25) is 0 Å². The van der Waals surface area contributed by atoms with Crippen molar-refractivity contribution in [3.8, 4) is 5.75 Å². The van der Waals surface area contributed by atoms with Crippen LogP contribution in [0.1, 0.15) is 27.8 Å². The van der Waals surface area contributed by atoms with Crippen LogP contribution in [-0.2, 0) is 13.2 Å². The van der Waals surface area contributed by atoms with E-state index in [1.165, 1.54) is 17.7 Å². The Balaban J connectivity index is 2.21. The molecule has 0 amide bonds. The second-order valence-corrected chi connectivity index (χ2v) is 5.11. The van der Waals surface area contributed by atoms with Crippen LogP contribution in [0.15, 0.2) is 30.3 Å². The van der Waals surface area contributed by atoms with Gasteiger partial charge >= 0.3 is 0 Å². The normalized spacial score (nSPS) is 10.7. The highest BCUT2D eigenvalue weighted by molar-refractivity contribution is 5.44.